The third kappa shape index (κ3) is 4.71. The summed E-state index contributed by atoms with van der Waals surface area (Å²) in [5.41, 5.74) is 6.34. The minimum Gasteiger partial charge on any atom is -0.368 e. The standard InChI is InChI=1S/C13H22N4O/c1-3-7-15-8-11-5-6-13(16-9-11)17(4-2)10-12(14)18/h5-6,9,15H,3-4,7-8,10H2,1-2H3,(H2,14,18). The SMILES string of the molecule is CCCNCc1ccc(N(CC)CC(N)=O)nc1. The maximum Gasteiger partial charge on any atom is 0.236 e. The lowest BCUT2D eigenvalue weighted by molar-refractivity contribution is -0.116. The van der Waals surface area contributed by atoms with Gasteiger partial charge in [-0.3, -0.25) is 4.79 Å². The molecule has 3 N–H and O–H groups in total. The van der Waals surface area contributed by atoms with E-state index in [1.807, 2.05) is 30.2 Å². The fourth-order valence-electron chi connectivity index (χ4n) is 1.66. The summed E-state index contributed by atoms with van der Waals surface area (Å²) in [4.78, 5) is 17.1. The predicted octanol–water partition coefficient (Wildman–Crippen LogP) is 0.893. The Morgan fingerprint density at radius 2 is 2.22 bits per heavy atom. The summed E-state index contributed by atoms with van der Waals surface area (Å²) in [6.45, 7) is 6.85. The van der Waals surface area contributed by atoms with Gasteiger partial charge in [0.05, 0.1) is 6.54 Å². The fraction of sp³-hybridized carbons (Fsp3) is 0.538. The van der Waals surface area contributed by atoms with Gasteiger partial charge in [0.15, 0.2) is 0 Å². The molecule has 5 heteroatoms. The maximum absolute atomic E-state index is 10.9. The van der Waals surface area contributed by atoms with E-state index in [2.05, 4.69) is 17.2 Å². The van der Waals surface area contributed by atoms with Crippen molar-refractivity contribution in [2.45, 2.75) is 26.8 Å². The van der Waals surface area contributed by atoms with Crippen LogP contribution in [-0.4, -0.2) is 30.5 Å². The number of primary amides is 1. The number of nitrogens with two attached hydrogens (primary N) is 1. The summed E-state index contributed by atoms with van der Waals surface area (Å²) in [5.74, 6) is 0.447. The maximum atomic E-state index is 10.9. The van der Waals surface area contributed by atoms with Crippen molar-refractivity contribution in [3.8, 4) is 0 Å². The molecule has 1 aromatic rings. The summed E-state index contributed by atoms with van der Waals surface area (Å²) in [5, 5.41) is 3.32. The molecular weight excluding hydrogens is 228 g/mol. The molecule has 0 bridgehead atoms. The van der Waals surface area contributed by atoms with Crippen LogP contribution in [0.4, 0.5) is 5.82 Å². The molecule has 0 aliphatic heterocycles. The van der Waals surface area contributed by atoms with Crippen LogP contribution < -0.4 is 16.0 Å². The van der Waals surface area contributed by atoms with Gasteiger partial charge in [0.25, 0.3) is 0 Å². The molecule has 1 amide bonds. The molecule has 1 heterocycles. The molecular formula is C13H22N4O. The van der Waals surface area contributed by atoms with E-state index in [4.69, 9.17) is 5.73 Å². The topological polar surface area (TPSA) is 71.2 Å². The first-order valence-electron chi connectivity index (χ1n) is 6.36. The molecule has 0 aromatic carbocycles. The number of likely N-dealkylation sites (N-methyl/N-ethyl adjacent to an activating group) is 1. The molecule has 0 spiro atoms. The summed E-state index contributed by atoms with van der Waals surface area (Å²) >= 11 is 0. The van der Waals surface area contributed by atoms with E-state index in [1.165, 1.54) is 0 Å². The van der Waals surface area contributed by atoms with E-state index < -0.39 is 0 Å². The first-order chi connectivity index (χ1) is 8.67. The normalized spacial score (nSPS) is 10.3. The highest BCUT2D eigenvalue weighted by molar-refractivity contribution is 5.79. The van der Waals surface area contributed by atoms with Gasteiger partial charge in [-0.1, -0.05) is 13.0 Å². The summed E-state index contributed by atoms with van der Waals surface area (Å²) in [7, 11) is 0. The zero-order valence-electron chi connectivity index (χ0n) is 11.1. The molecule has 0 aliphatic carbocycles. The summed E-state index contributed by atoms with van der Waals surface area (Å²) in [6, 6.07) is 3.95. The summed E-state index contributed by atoms with van der Waals surface area (Å²) < 4.78 is 0. The van der Waals surface area contributed by atoms with E-state index in [9.17, 15) is 4.79 Å². The van der Waals surface area contributed by atoms with Crippen molar-refractivity contribution < 1.29 is 4.79 Å². The summed E-state index contributed by atoms with van der Waals surface area (Å²) in [6.07, 6.45) is 2.95. The predicted molar refractivity (Wildman–Crippen MR) is 73.3 cm³/mol. The first-order valence-corrected chi connectivity index (χ1v) is 6.36. The van der Waals surface area contributed by atoms with Crippen molar-refractivity contribution in [1.82, 2.24) is 10.3 Å². The lowest BCUT2D eigenvalue weighted by Gasteiger charge is -2.20. The van der Waals surface area contributed by atoms with E-state index >= 15 is 0 Å². The van der Waals surface area contributed by atoms with E-state index in [0.717, 1.165) is 30.9 Å². The van der Waals surface area contributed by atoms with Gasteiger partial charge < -0.3 is 16.0 Å². The number of aromatic nitrogens is 1. The molecule has 0 saturated carbocycles. The van der Waals surface area contributed by atoms with Gasteiger partial charge in [-0.05, 0) is 31.5 Å². The van der Waals surface area contributed by atoms with Gasteiger partial charge in [0, 0.05) is 19.3 Å². The van der Waals surface area contributed by atoms with Crippen LogP contribution in [0.15, 0.2) is 18.3 Å². The largest absolute Gasteiger partial charge is 0.368 e. The number of carbonyl (C=O) groups excluding carboxylic acids is 1. The van der Waals surface area contributed by atoms with E-state index in [1.54, 1.807) is 0 Å². The van der Waals surface area contributed by atoms with Crippen LogP contribution in [0.1, 0.15) is 25.8 Å². The number of hydrogen-bond donors (Lipinski definition) is 2. The van der Waals surface area contributed by atoms with Gasteiger partial charge >= 0.3 is 0 Å². The molecule has 0 atom stereocenters. The van der Waals surface area contributed by atoms with Crippen LogP contribution in [0.25, 0.3) is 0 Å². The third-order valence-corrected chi connectivity index (χ3v) is 2.62. The van der Waals surface area contributed by atoms with Crippen molar-refractivity contribution >= 4 is 11.7 Å². The van der Waals surface area contributed by atoms with Gasteiger partial charge in [0.2, 0.25) is 5.91 Å². The molecule has 100 valence electrons. The monoisotopic (exact) mass is 250 g/mol. The Morgan fingerprint density at radius 3 is 2.72 bits per heavy atom. The lowest BCUT2D eigenvalue weighted by Crippen LogP contribution is -2.34. The number of nitrogens with one attached hydrogen (secondary N) is 1. The number of carbonyl (C=O) groups is 1. The van der Waals surface area contributed by atoms with Crippen molar-refractivity contribution in [2.24, 2.45) is 5.73 Å². The van der Waals surface area contributed by atoms with Gasteiger partial charge in [-0.2, -0.15) is 0 Å². The average Bonchev–Trinajstić information content (AvgIpc) is 2.37. The fourth-order valence-corrected chi connectivity index (χ4v) is 1.66. The van der Waals surface area contributed by atoms with E-state index in [-0.39, 0.29) is 12.5 Å². The van der Waals surface area contributed by atoms with Gasteiger partial charge in [0.1, 0.15) is 5.82 Å². The molecule has 0 saturated heterocycles. The second kappa shape index (κ2) is 7.66. The molecule has 0 radical (unpaired) electrons. The van der Waals surface area contributed by atoms with Gasteiger partial charge in [-0.15, -0.1) is 0 Å². The molecule has 0 unspecified atom stereocenters. The molecule has 5 nitrogen and oxygen atoms in total. The van der Waals surface area contributed by atoms with Crippen LogP contribution in [0, 0.1) is 0 Å². The van der Waals surface area contributed by atoms with Crippen molar-refractivity contribution in [3.63, 3.8) is 0 Å². The third-order valence-electron chi connectivity index (χ3n) is 2.62. The molecule has 1 aromatic heterocycles. The molecule has 1 rings (SSSR count). The Balaban J connectivity index is 2.59. The van der Waals surface area contributed by atoms with Crippen molar-refractivity contribution in [3.05, 3.63) is 23.9 Å². The number of hydrogen-bond acceptors (Lipinski definition) is 4. The number of pyridine rings is 1. The van der Waals surface area contributed by atoms with Crippen LogP contribution in [-0.2, 0) is 11.3 Å². The molecule has 0 fully saturated rings. The second-order valence-corrected chi connectivity index (χ2v) is 4.18. The van der Waals surface area contributed by atoms with E-state index in [0.29, 0.717) is 6.54 Å². The first kappa shape index (κ1) is 14.4. The number of rotatable bonds is 8. The van der Waals surface area contributed by atoms with Crippen molar-refractivity contribution in [1.29, 1.82) is 0 Å². The Labute approximate surface area is 108 Å². The highest BCUT2D eigenvalue weighted by Crippen LogP contribution is 2.10. The molecule has 18 heavy (non-hydrogen) atoms. The van der Waals surface area contributed by atoms with Crippen LogP contribution in [0.3, 0.4) is 0 Å². The zero-order valence-corrected chi connectivity index (χ0v) is 11.1. The van der Waals surface area contributed by atoms with Crippen molar-refractivity contribution in [2.75, 3.05) is 24.5 Å². The Hall–Kier alpha value is -1.62. The average molecular weight is 250 g/mol. The smallest absolute Gasteiger partial charge is 0.236 e. The minimum atomic E-state index is -0.340. The number of amides is 1. The number of anilines is 1. The lowest BCUT2D eigenvalue weighted by atomic mass is 10.2. The second-order valence-electron chi connectivity index (χ2n) is 4.18. The Bertz CT molecular complexity index is 364. The Kier molecular flexibility index (Phi) is 6.14. The van der Waals surface area contributed by atoms with Crippen LogP contribution >= 0.6 is 0 Å². The minimum absolute atomic E-state index is 0.205. The molecule has 0 aliphatic rings. The zero-order chi connectivity index (χ0) is 13.4. The van der Waals surface area contributed by atoms with Crippen LogP contribution in [0.5, 0.6) is 0 Å². The highest BCUT2D eigenvalue weighted by Gasteiger charge is 2.08. The quantitative estimate of drug-likeness (QED) is 0.672. The highest BCUT2D eigenvalue weighted by atomic mass is 16.1. The Morgan fingerprint density at radius 1 is 1.44 bits per heavy atom. The van der Waals surface area contributed by atoms with Gasteiger partial charge in [-0.25, -0.2) is 4.98 Å². The number of nitrogens with zero attached hydrogens (tertiary/aromatic N) is 2. The van der Waals surface area contributed by atoms with Crippen LogP contribution in [0.2, 0.25) is 0 Å².